The highest BCUT2D eigenvalue weighted by Crippen LogP contribution is 2.29. The summed E-state index contributed by atoms with van der Waals surface area (Å²) in [6, 6.07) is 7.56. The molecule has 17 heavy (non-hydrogen) atoms. The average molecular weight is 295 g/mol. The third kappa shape index (κ3) is 2.26. The second kappa shape index (κ2) is 4.75. The number of benzene rings is 1. The number of methoxy groups -OCH3 is 1. The summed E-state index contributed by atoms with van der Waals surface area (Å²) in [5, 5.41) is 0. The van der Waals surface area contributed by atoms with Crippen molar-refractivity contribution >= 4 is 21.9 Å². The van der Waals surface area contributed by atoms with Crippen LogP contribution in [-0.2, 0) is 4.74 Å². The number of esters is 1. The molecule has 0 amide bonds. The molecule has 0 N–H and O–H groups in total. The van der Waals surface area contributed by atoms with Crippen molar-refractivity contribution < 1.29 is 13.9 Å². The molecular weight excluding hydrogens is 284 g/mol. The summed E-state index contributed by atoms with van der Waals surface area (Å²) in [5.41, 5.74) is 2.10. The zero-order valence-electron chi connectivity index (χ0n) is 9.49. The lowest BCUT2D eigenvalue weighted by Gasteiger charge is -2.02. The maximum Gasteiger partial charge on any atom is 0.342 e. The molecule has 4 heteroatoms. The van der Waals surface area contributed by atoms with Crippen LogP contribution in [0.2, 0.25) is 0 Å². The molecule has 0 aliphatic carbocycles. The third-order valence-corrected chi connectivity index (χ3v) is 3.00. The van der Waals surface area contributed by atoms with Crippen LogP contribution in [0.1, 0.15) is 15.9 Å². The maximum absolute atomic E-state index is 11.7. The van der Waals surface area contributed by atoms with E-state index in [0.717, 1.165) is 15.6 Å². The summed E-state index contributed by atoms with van der Waals surface area (Å²) in [7, 11) is 1.36. The number of rotatable bonds is 2. The summed E-state index contributed by atoms with van der Waals surface area (Å²) in [6.45, 7) is 1.82. The van der Waals surface area contributed by atoms with Crippen molar-refractivity contribution in [3.8, 4) is 11.3 Å². The number of hydrogen-bond donors (Lipinski definition) is 0. The number of halogens is 1. The Kier molecular flexibility index (Phi) is 3.33. The van der Waals surface area contributed by atoms with Gasteiger partial charge in [0.05, 0.1) is 13.4 Å². The van der Waals surface area contributed by atoms with Crippen molar-refractivity contribution in [2.75, 3.05) is 7.11 Å². The van der Waals surface area contributed by atoms with Gasteiger partial charge in [0.2, 0.25) is 0 Å². The van der Waals surface area contributed by atoms with Gasteiger partial charge in [-0.15, -0.1) is 0 Å². The van der Waals surface area contributed by atoms with Crippen LogP contribution in [0.4, 0.5) is 0 Å². The third-order valence-electron chi connectivity index (χ3n) is 2.47. The van der Waals surface area contributed by atoms with Crippen molar-refractivity contribution in [2.45, 2.75) is 6.92 Å². The topological polar surface area (TPSA) is 39.4 Å². The maximum atomic E-state index is 11.7. The lowest BCUT2D eigenvalue weighted by atomic mass is 10.1. The highest BCUT2D eigenvalue weighted by Gasteiger charge is 2.20. The van der Waals surface area contributed by atoms with E-state index in [0.29, 0.717) is 11.3 Å². The van der Waals surface area contributed by atoms with Crippen LogP contribution in [0, 0.1) is 6.92 Å². The smallest absolute Gasteiger partial charge is 0.342 e. The van der Waals surface area contributed by atoms with Crippen LogP contribution < -0.4 is 0 Å². The largest absolute Gasteiger partial charge is 0.465 e. The molecule has 88 valence electrons. The molecule has 0 fully saturated rings. The van der Waals surface area contributed by atoms with E-state index in [9.17, 15) is 4.79 Å². The van der Waals surface area contributed by atoms with Crippen molar-refractivity contribution in [3.05, 3.63) is 46.1 Å². The first kappa shape index (κ1) is 11.9. The van der Waals surface area contributed by atoms with Gasteiger partial charge in [0.15, 0.2) is 0 Å². The van der Waals surface area contributed by atoms with Crippen LogP contribution in [0.15, 0.2) is 39.4 Å². The Morgan fingerprint density at radius 1 is 1.29 bits per heavy atom. The molecule has 2 aromatic rings. The molecule has 0 atom stereocenters. The van der Waals surface area contributed by atoms with Crippen LogP contribution in [0.5, 0.6) is 0 Å². The molecule has 3 nitrogen and oxygen atoms in total. The van der Waals surface area contributed by atoms with Gasteiger partial charge >= 0.3 is 5.97 Å². The molecular formula is C13H11BrO3. The highest BCUT2D eigenvalue weighted by atomic mass is 79.9. The van der Waals surface area contributed by atoms with Gasteiger partial charge < -0.3 is 9.15 Å². The van der Waals surface area contributed by atoms with E-state index >= 15 is 0 Å². The molecule has 0 bridgehead atoms. The molecule has 0 aliphatic heterocycles. The van der Waals surface area contributed by atoms with E-state index in [1.54, 1.807) is 6.26 Å². The van der Waals surface area contributed by atoms with Gasteiger partial charge in [-0.05, 0) is 19.1 Å². The summed E-state index contributed by atoms with van der Waals surface area (Å²) in [6.07, 6.45) is 1.56. The first-order valence-corrected chi connectivity index (χ1v) is 5.85. The lowest BCUT2D eigenvalue weighted by molar-refractivity contribution is 0.0600. The summed E-state index contributed by atoms with van der Waals surface area (Å²) < 4.78 is 11.2. The van der Waals surface area contributed by atoms with Crippen LogP contribution >= 0.6 is 15.9 Å². The minimum absolute atomic E-state index is 0.380. The predicted molar refractivity (Wildman–Crippen MR) is 67.9 cm³/mol. The van der Waals surface area contributed by atoms with E-state index in [1.165, 1.54) is 7.11 Å². The van der Waals surface area contributed by atoms with E-state index < -0.39 is 0 Å². The van der Waals surface area contributed by atoms with E-state index in [2.05, 4.69) is 15.9 Å². The standard InChI is InChI=1S/C13H11BrO3/c1-8-7-17-12(11(8)13(15)16-2)9-3-5-10(14)6-4-9/h3-7H,1-2H3. The molecule has 0 unspecified atom stereocenters. The van der Waals surface area contributed by atoms with Crippen molar-refractivity contribution in [2.24, 2.45) is 0 Å². The van der Waals surface area contributed by atoms with Gasteiger partial charge in [-0.2, -0.15) is 0 Å². The highest BCUT2D eigenvalue weighted by molar-refractivity contribution is 9.10. The van der Waals surface area contributed by atoms with Crippen molar-refractivity contribution in [1.29, 1.82) is 0 Å². The number of aryl methyl sites for hydroxylation is 1. The Balaban J connectivity index is 2.52. The number of carbonyl (C=O) groups is 1. The molecule has 0 radical (unpaired) electrons. The SMILES string of the molecule is COC(=O)c1c(C)coc1-c1ccc(Br)cc1. The molecule has 2 rings (SSSR count). The Labute approximate surface area is 108 Å². The Hall–Kier alpha value is -1.55. The van der Waals surface area contributed by atoms with Gasteiger partial charge in [0, 0.05) is 15.6 Å². The first-order chi connectivity index (χ1) is 8.13. The van der Waals surface area contributed by atoms with E-state index in [4.69, 9.17) is 9.15 Å². The van der Waals surface area contributed by atoms with Gasteiger partial charge in [0.1, 0.15) is 11.3 Å². The van der Waals surface area contributed by atoms with Gasteiger partial charge in [-0.3, -0.25) is 0 Å². The monoisotopic (exact) mass is 294 g/mol. The van der Waals surface area contributed by atoms with Crippen molar-refractivity contribution in [1.82, 2.24) is 0 Å². The van der Waals surface area contributed by atoms with Gasteiger partial charge in [-0.1, -0.05) is 28.1 Å². The number of hydrogen-bond acceptors (Lipinski definition) is 3. The predicted octanol–water partition coefficient (Wildman–Crippen LogP) is 3.80. The molecule has 0 aliphatic rings. The lowest BCUT2D eigenvalue weighted by Crippen LogP contribution is -2.03. The first-order valence-electron chi connectivity index (χ1n) is 5.06. The number of ether oxygens (including phenoxy) is 1. The molecule has 0 saturated carbocycles. The van der Waals surface area contributed by atoms with Gasteiger partial charge in [0.25, 0.3) is 0 Å². The second-order valence-electron chi connectivity index (χ2n) is 3.62. The normalized spacial score (nSPS) is 10.3. The Bertz CT molecular complexity index is 540. The van der Waals surface area contributed by atoms with E-state index in [-0.39, 0.29) is 5.97 Å². The van der Waals surface area contributed by atoms with Crippen LogP contribution in [-0.4, -0.2) is 13.1 Å². The van der Waals surface area contributed by atoms with E-state index in [1.807, 2.05) is 31.2 Å². The second-order valence-corrected chi connectivity index (χ2v) is 4.54. The average Bonchev–Trinajstić information content (AvgIpc) is 2.71. The number of carbonyl (C=O) groups excluding carboxylic acids is 1. The summed E-state index contributed by atoms with van der Waals surface area (Å²) in [4.78, 5) is 11.7. The molecule has 1 heterocycles. The molecule has 1 aromatic heterocycles. The van der Waals surface area contributed by atoms with Gasteiger partial charge in [-0.25, -0.2) is 4.79 Å². The molecule has 0 saturated heterocycles. The number of furan rings is 1. The van der Waals surface area contributed by atoms with Crippen molar-refractivity contribution in [3.63, 3.8) is 0 Å². The minimum atomic E-state index is -0.380. The molecule has 1 aromatic carbocycles. The fourth-order valence-corrected chi connectivity index (χ4v) is 1.88. The molecule has 0 spiro atoms. The fourth-order valence-electron chi connectivity index (χ4n) is 1.61. The Morgan fingerprint density at radius 2 is 1.94 bits per heavy atom. The summed E-state index contributed by atoms with van der Waals surface area (Å²) in [5.74, 6) is 0.163. The van der Waals surface area contributed by atoms with Crippen LogP contribution in [0.3, 0.4) is 0 Å². The minimum Gasteiger partial charge on any atom is -0.465 e. The zero-order chi connectivity index (χ0) is 12.4. The Morgan fingerprint density at radius 3 is 2.53 bits per heavy atom. The van der Waals surface area contributed by atoms with Crippen LogP contribution in [0.25, 0.3) is 11.3 Å². The summed E-state index contributed by atoms with van der Waals surface area (Å²) >= 11 is 3.36. The zero-order valence-corrected chi connectivity index (χ0v) is 11.1. The fraction of sp³-hybridized carbons (Fsp3) is 0.154. The quantitative estimate of drug-likeness (QED) is 0.791.